The lowest BCUT2D eigenvalue weighted by Crippen LogP contribution is -2.32. The predicted octanol–water partition coefficient (Wildman–Crippen LogP) is 3.54. The van der Waals surface area contributed by atoms with E-state index in [-0.39, 0.29) is 16.4 Å². The fourth-order valence-electron chi connectivity index (χ4n) is 3.63. The van der Waals surface area contributed by atoms with Gasteiger partial charge in [0.25, 0.3) is 5.91 Å². The first-order chi connectivity index (χ1) is 14.4. The van der Waals surface area contributed by atoms with E-state index in [1.54, 1.807) is 6.07 Å². The highest BCUT2D eigenvalue weighted by Crippen LogP contribution is 2.26. The third-order valence-corrected chi connectivity index (χ3v) is 7.33. The third-order valence-electron chi connectivity index (χ3n) is 5.44. The molecule has 0 radical (unpaired) electrons. The molecule has 0 aliphatic carbocycles. The molecule has 162 valence electrons. The molecule has 30 heavy (non-hydrogen) atoms. The van der Waals surface area contributed by atoms with Gasteiger partial charge in [0.05, 0.1) is 17.6 Å². The lowest BCUT2D eigenvalue weighted by atomic mass is 10.1. The Kier molecular flexibility index (Phi) is 7.50. The van der Waals surface area contributed by atoms with Gasteiger partial charge in [-0.15, -0.1) is 0 Å². The van der Waals surface area contributed by atoms with Crippen molar-refractivity contribution in [2.45, 2.75) is 43.9 Å². The van der Waals surface area contributed by atoms with Crippen LogP contribution in [-0.2, 0) is 16.4 Å². The molecular weight excluding hydrogens is 400 g/mol. The fourth-order valence-corrected chi connectivity index (χ4v) is 5.17. The number of hydrogen-bond donors (Lipinski definition) is 1. The van der Waals surface area contributed by atoms with Gasteiger partial charge in [-0.3, -0.25) is 4.79 Å². The van der Waals surface area contributed by atoms with Crippen molar-refractivity contribution >= 4 is 15.9 Å². The van der Waals surface area contributed by atoms with Crippen LogP contribution < -0.4 is 10.1 Å². The van der Waals surface area contributed by atoms with Gasteiger partial charge in [0.2, 0.25) is 10.0 Å². The second-order valence-electron chi connectivity index (χ2n) is 7.67. The Morgan fingerprint density at radius 2 is 1.70 bits per heavy atom. The maximum Gasteiger partial charge on any atom is 0.255 e. The van der Waals surface area contributed by atoms with Gasteiger partial charge in [0.15, 0.2) is 0 Å². The normalized spacial score (nSPS) is 15.4. The number of nitrogens with zero attached hydrogens (tertiary/aromatic N) is 1. The molecule has 1 amide bonds. The zero-order chi connectivity index (χ0) is 21.6. The largest absolute Gasteiger partial charge is 0.496 e. The summed E-state index contributed by atoms with van der Waals surface area (Å²) >= 11 is 0. The third kappa shape index (κ3) is 5.40. The SMILES string of the molecule is COc1ccc(S(=O)(=O)N2CCCCCC2)cc1C(=O)NCCc1ccc(C)cc1. The number of aryl methyl sites for hydroxylation is 1. The van der Waals surface area contributed by atoms with Gasteiger partial charge in [-0.1, -0.05) is 42.7 Å². The summed E-state index contributed by atoms with van der Waals surface area (Å²) in [5, 5.41) is 2.88. The summed E-state index contributed by atoms with van der Waals surface area (Å²) in [6, 6.07) is 12.7. The van der Waals surface area contributed by atoms with Crippen LogP contribution in [0, 0.1) is 6.92 Å². The first-order valence-corrected chi connectivity index (χ1v) is 11.9. The molecule has 1 N–H and O–H groups in total. The highest BCUT2D eigenvalue weighted by atomic mass is 32.2. The number of amides is 1. The first-order valence-electron chi connectivity index (χ1n) is 10.4. The summed E-state index contributed by atoms with van der Waals surface area (Å²) in [7, 11) is -2.16. The van der Waals surface area contributed by atoms with Crippen LogP contribution in [0.2, 0.25) is 0 Å². The van der Waals surface area contributed by atoms with Crippen LogP contribution in [-0.4, -0.2) is 45.4 Å². The van der Waals surface area contributed by atoms with Crippen molar-refractivity contribution in [1.29, 1.82) is 0 Å². The minimum atomic E-state index is -3.64. The van der Waals surface area contributed by atoms with Crippen LogP contribution >= 0.6 is 0 Å². The van der Waals surface area contributed by atoms with Crippen LogP contribution in [0.1, 0.15) is 47.2 Å². The van der Waals surface area contributed by atoms with Crippen LogP contribution in [0.3, 0.4) is 0 Å². The summed E-state index contributed by atoms with van der Waals surface area (Å²) in [6.07, 6.45) is 4.51. The Balaban J connectivity index is 1.74. The molecular formula is C23H30N2O4S. The summed E-state index contributed by atoms with van der Waals surface area (Å²) in [5.74, 6) is 0.0181. The monoisotopic (exact) mass is 430 g/mol. The number of carbonyl (C=O) groups excluding carboxylic acids is 1. The van der Waals surface area contributed by atoms with Gasteiger partial charge < -0.3 is 10.1 Å². The van der Waals surface area contributed by atoms with E-state index in [9.17, 15) is 13.2 Å². The fraction of sp³-hybridized carbons (Fsp3) is 0.435. The lowest BCUT2D eigenvalue weighted by molar-refractivity contribution is 0.0951. The number of nitrogens with one attached hydrogen (secondary N) is 1. The summed E-state index contributed by atoms with van der Waals surface area (Å²) < 4.78 is 33.0. The van der Waals surface area contributed by atoms with Crippen molar-refractivity contribution in [3.63, 3.8) is 0 Å². The average Bonchev–Trinajstić information content (AvgIpc) is 3.05. The summed E-state index contributed by atoms with van der Waals surface area (Å²) in [4.78, 5) is 12.9. The molecule has 7 heteroatoms. The Hall–Kier alpha value is -2.38. The number of benzene rings is 2. The van der Waals surface area contributed by atoms with Crippen LogP contribution in [0.15, 0.2) is 47.4 Å². The van der Waals surface area contributed by atoms with Gasteiger partial charge in [-0.2, -0.15) is 4.31 Å². The molecule has 0 spiro atoms. The molecule has 2 aromatic carbocycles. The van der Waals surface area contributed by atoms with Gasteiger partial charge in [-0.05, 0) is 49.9 Å². The first kappa shape index (κ1) is 22.3. The van der Waals surface area contributed by atoms with Crippen LogP contribution in [0.25, 0.3) is 0 Å². The molecule has 6 nitrogen and oxygen atoms in total. The smallest absolute Gasteiger partial charge is 0.255 e. The molecule has 0 bridgehead atoms. The Bertz CT molecular complexity index is 963. The van der Waals surface area contributed by atoms with Gasteiger partial charge >= 0.3 is 0 Å². The maximum absolute atomic E-state index is 13.1. The number of ether oxygens (including phenoxy) is 1. The Morgan fingerprint density at radius 3 is 2.33 bits per heavy atom. The van der Waals surface area contributed by atoms with Crippen molar-refractivity contribution in [1.82, 2.24) is 9.62 Å². The lowest BCUT2D eigenvalue weighted by Gasteiger charge is -2.20. The van der Waals surface area contributed by atoms with E-state index >= 15 is 0 Å². The zero-order valence-electron chi connectivity index (χ0n) is 17.7. The standard InChI is InChI=1S/C23H30N2O4S/c1-18-7-9-19(10-8-18)13-14-24-23(26)21-17-20(11-12-22(21)29-2)30(27,28)25-15-5-3-4-6-16-25/h7-12,17H,3-6,13-16H2,1-2H3,(H,24,26). The number of carbonyl (C=O) groups is 1. The van der Waals surface area contributed by atoms with Crippen LogP contribution in [0.5, 0.6) is 5.75 Å². The van der Waals surface area contributed by atoms with Crippen molar-refractivity contribution in [2.75, 3.05) is 26.7 Å². The quantitative estimate of drug-likeness (QED) is 0.729. The van der Waals surface area contributed by atoms with Gasteiger partial charge in [0, 0.05) is 19.6 Å². The zero-order valence-corrected chi connectivity index (χ0v) is 18.5. The Morgan fingerprint density at radius 1 is 1.03 bits per heavy atom. The van der Waals surface area contributed by atoms with Crippen molar-refractivity contribution in [3.8, 4) is 5.75 Å². The van der Waals surface area contributed by atoms with E-state index in [4.69, 9.17) is 4.74 Å². The molecule has 1 fully saturated rings. The maximum atomic E-state index is 13.1. The molecule has 1 aliphatic heterocycles. The molecule has 1 heterocycles. The van der Waals surface area contributed by atoms with E-state index in [1.807, 2.05) is 31.2 Å². The summed E-state index contributed by atoms with van der Waals surface area (Å²) in [6.45, 7) is 3.53. The highest BCUT2D eigenvalue weighted by Gasteiger charge is 2.27. The van der Waals surface area contributed by atoms with E-state index in [2.05, 4.69) is 5.32 Å². The number of hydrogen-bond acceptors (Lipinski definition) is 4. The second-order valence-corrected chi connectivity index (χ2v) is 9.61. The molecule has 0 aromatic heterocycles. The molecule has 3 rings (SSSR count). The van der Waals surface area contributed by atoms with Gasteiger partial charge in [0.1, 0.15) is 5.75 Å². The second kappa shape index (κ2) is 10.1. The van der Waals surface area contributed by atoms with Gasteiger partial charge in [-0.25, -0.2) is 8.42 Å². The van der Waals surface area contributed by atoms with E-state index in [0.29, 0.717) is 31.8 Å². The van der Waals surface area contributed by atoms with E-state index in [0.717, 1.165) is 31.2 Å². The Labute approximate surface area is 179 Å². The number of methoxy groups -OCH3 is 1. The molecule has 1 aliphatic rings. The highest BCUT2D eigenvalue weighted by molar-refractivity contribution is 7.89. The predicted molar refractivity (Wildman–Crippen MR) is 117 cm³/mol. The minimum Gasteiger partial charge on any atom is -0.496 e. The molecule has 0 unspecified atom stereocenters. The molecule has 0 saturated carbocycles. The van der Waals surface area contributed by atoms with Crippen molar-refractivity contribution in [2.24, 2.45) is 0 Å². The molecule has 2 aromatic rings. The van der Waals surface area contributed by atoms with E-state index in [1.165, 1.54) is 29.1 Å². The van der Waals surface area contributed by atoms with Crippen molar-refractivity contribution in [3.05, 3.63) is 59.2 Å². The summed E-state index contributed by atoms with van der Waals surface area (Å²) in [5.41, 5.74) is 2.55. The molecule has 0 atom stereocenters. The molecule has 1 saturated heterocycles. The topological polar surface area (TPSA) is 75.7 Å². The van der Waals surface area contributed by atoms with Crippen molar-refractivity contribution < 1.29 is 17.9 Å². The minimum absolute atomic E-state index is 0.133. The number of rotatable bonds is 7. The van der Waals surface area contributed by atoms with E-state index < -0.39 is 10.0 Å². The average molecular weight is 431 g/mol. The van der Waals surface area contributed by atoms with Crippen LogP contribution in [0.4, 0.5) is 0 Å². The number of sulfonamides is 1.